The molecule has 5 nitrogen and oxygen atoms in total. The van der Waals surface area contributed by atoms with Crippen molar-refractivity contribution >= 4 is 27.1 Å². The molecule has 1 aliphatic rings. The number of thiazole rings is 1. The molecule has 0 spiro atoms. The number of carbonyl (C=O) groups is 1. The molecule has 1 fully saturated rings. The monoisotopic (exact) mass is 275 g/mol. The Balaban J connectivity index is 2.03. The van der Waals surface area contributed by atoms with Crippen molar-refractivity contribution in [3.05, 3.63) is 16.1 Å². The second-order valence-corrected chi connectivity index (χ2v) is 7.43. The number of aromatic nitrogens is 1. The molecule has 1 saturated heterocycles. The molecule has 1 atom stereocenters. The zero-order chi connectivity index (χ0) is 12.5. The van der Waals surface area contributed by atoms with Crippen LogP contribution in [-0.4, -0.2) is 36.0 Å². The lowest BCUT2D eigenvalue weighted by Crippen LogP contribution is -2.26. The first-order chi connectivity index (χ1) is 7.96. The summed E-state index contributed by atoms with van der Waals surface area (Å²) in [5, 5.41) is 10.9. The highest BCUT2D eigenvalue weighted by Gasteiger charge is 2.25. The summed E-state index contributed by atoms with van der Waals surface area (Å²) in [6, 6.07) is 0. The van der Waals surface area contributed by atoms with Crippen molar-refractivity contribution in [1.29, 1.82) is 0 Å². The lowest BCUT2D eigenvalue weighted by atomic mass is 10.0. The number of sulfone groups is 1. The molecule has 0 aromatic carbocycles. The molecule has 0 radical (unpaired) electrons. The molecular formula is C10H13NO4S2. The van der Waals surface area contributed by atoms with Gasteiger partial charge < -0.3 is 5.11 Å². The number of hydrogen-bond donors (Lipinski definition) is 1. The largest absolute Gasteiger partial charge is 0.476 e. The number of rotatable bonds is 3. The van der Waals surface area contributed by atoms with Crippen LogP contribution in [0.4, 0.5) is 0 Å². The third-order valence-corrected chi connectivity index (χ3v) is 5.55. The Bertz CT molecular complexity index is 520. The molecule has 17 heavy (non-hydrogen) atoms. The molecule has 0 bridgehead atoms. The van der Waals surface area contributed by atoms with Gasteiger partial charge >= 0.3 is 5.97 Å². The highest BCUT2D eigenvalue weighted by atomic mass is 32.2. The molecule has 1 aromatic heterocycles. The van der Waals surface area contributed by atoms with Crippen LogP contribution < -0.4 is 0 Å². The summed E-state index contributed by atoms with van der Waals surface area (Å²) in [5.41, 5.74) is 0.0451. The van der Waals surface area contributed by atoms with Gasteiger partial charge in [-0.3, -0.25) is 0 Å². The Morgan fingerprint density at radius 1 is 1.59 bits per heavy atom. The number of aromatic carboxylic acids is 1. The zero-order valence-corrected chi connectivity index (χ0v) is 10.8. The first-order valence-electron chi connectivity index (χ1n) is 5.34. The SMILES string of the molecule is O=C(O)c1csc(CC2CCCS(=O)(=O)C2)n1. The van der Waals surface area contributed by atoms with Crippen molar-refractivity contribution in [1.82, 2.24) is 4.98 Å². The number of carboxylic acids is 1. The standard InChI is InChI=1S/C10H13NO4S2/c12-10(13)8-5-16-9(11-8)4-7-2-1-3-17(14,15)6-7/h5,7H,1-4,6H2,(H,12,13). The predicted molar refractivity (Wildman–Crippen MR) is 64.2 cm³/mol. The molecule has 1 N–H and O–H groups in total. The maximum absolute atomic E-state index is 11.5. The van der Waals surface area contributed by atoms with Gasteiger partial charge in [-0.1, -0.05) is 0 Å². The van der Waals surface area contributed by atoms with Crippen molar-refractivity contribution in [2.75, 3.05) is 11.5 Å². The van der Waals surface area contributed by atoms with Gasteiger partial charge in [0.15, 0.2) is 15.5 Å². The summed E-state index contributed by atoms with van der Waals surface area (Å²) in [7, 11) is -2.90. The lowest BCUT2D eigenvalue weighted by molar-refractivity contribution is 0.0691. The highest BCUT2D eigenvalue weighted by Crippen LogP contribution is 2.23. The summed E-state index contributed by atoms with van der Waals surface area (Å²) in [6.07, 6.45) is 2.14. The lowest BCUT2D eigenvalue weighted by Gasteiger charge is -2.20. The van der Waals surface area contributed by atoms with E-state index in [1.807, 2.05) is 0 Å². The van der Waals surface area contributed by atoms with E-state index in [0.29, 0.717) is 17.8 Å². The fourth-order valence-corrected chi connectivity index (χ4v) is 4.69. The van der Waals surface area contributed by atoms with Crippen LogP contribution in [0.15, 0.2) is 5.38 Å². The van der Waals surface area contributed by atoms with E-state index in [4.69, 9.17) is 5.11 Å². The van der Waals surface area contributed by atoms with Crippen LogP contribution in [0.3, 0.4) is 0 Å². The maximum atomic E-state index is 11.5. The van der Waals surface area contributed by atoms with Crippen LogP contribution in [0, 0.1) is 5.92 Å². The summed E-state index contributed by atoms with van der Waals surface area (Å²) < 4.78 is 22.9. The Morgan fingerprint density at radius 2 is 2.35 bits per heavy atom. The van der Waals surface area contributed by atoms with Gasteiger partial charge in [-0.25, -0.2) is 18.2 Å². The van der Waals surface area contributed by atoms with E-state index in [0.717, 1.165) is 6.42 Å². The fourth-order valence-electron chi connectivity index (χ4n) is 2.03. The van der Waals surface area contributed by atoms with Crippen molar-refractivity contribution < 1.29 is 18.3 Å². The van der Waals surface area contributed by atoms with Crippen molar-refractivity contribution in [3.63, 3.8) is 0 Å². The molecule has 2 heterocycles. The minimum Gasteiger partial charge on any atom is -0.476 e. The van der Waals surface area contributed by atoms with Gasteiger partial charge in [0.25, 0.3) is 0 Å². The van der Waals surface area contributed by atoms with E-state index in [-0.39, 0.29) is 23.1 Å². The smallest absolute Gasteiger partial charge is 0.355 e. The van der Waals surface area contributed by atoms with Crippen molar-refractivity contribution in [3.8, 4) is 0 Å². The number of nitrogens with zero attached hydrogens (tertiary/aromatic N) is 1. The normalized spacial score (nSPS) is 23.4. The maximum Gasteiger partial charge on any atom is 0.355 e. The van der Waals surface area contributed by atoms with Gasteiger partial charge in [0.1, 0.15) is 0 Å². The van der Waals surface area contributed by atoms with Gasteiger partial charge in [0.2, 0.25) is 0 Å². The van der Waals surface area contributed by atoms with Gasteiger partial charge in [0.05, 0.1) is 16.5 Å². The minimum atomic E-state index is -2.90. The van der Waals surface area contributed by atoms with Gasteiger partial charge in [-0.15, -0.1) is 11.3 Å². The molecular weight excluding hydrogens is 262 g/mol. The van der Waals surface area contributed by atoms with E-state index in [1.165, 1.54) is 16.7 Å². The summed E-state index contributed by atoms with van der Waals surface area (Å²) >= 11 is 1.28. The van der Waals surface area contributed by atoms with Crippen molar-refractivity contribution in [2.24, 2.45) is 5.92 Å². The average molecular weight is 275 g/mol. The molecule has 1 unspecified atom stereocenters. The van der Waals surface area contributed by atoms with Gasteiger partial charge in [-0.05, 0) is 18.8 Å². The highest BCUT2D eigenvalue weighted by molar-refractivity contribution is 7.91. The first-order valence-corrected chi connectivity index (χ1v) is 8.04. The minimum absolute atomic E-state index is 0.0451. The molecule has 0 amide bonds. The van der Waals surface area contributed by atoms with Crippen LogP contribution in [-0.2, 0) is 16.3 Å². The van der Waals surface area contributed by atoms with Gasteiger partial charge in [0, 0.05) is 11.8 Å². The molecule has 7 heteroatoms. The Hall–Kier alpha value is -0.950. The van der Waals surface area contributed by atoms with E-state index < -0.39 is 15.8 Å². The van der Waals surface area contributed by atoms with Crippen LogP contribution in [0.2, 0.25) is 0 Å². The van der Waals surface area contributed by atoms with Crippen molar-refractivity contribution in [2.45, 2.75) is 19.3 Å². The van der Waals surface area contributed by atoms with E-state index in [2.05, 4.69) is 4.98 Å². The topological polar surface area (TPSA) is 84.3 Å². The molecule has 0 saturated carbocycles. The zero-order valence-electron chi connectivity index (χ0n) is 9.13. The molecule has 2 rings (SSSR count). The van der Waals surface area contributed by atoms with E-state index in [1.54, 1.807) is 0 Å². The molecule has 94 valence electrons. The fraction of sp³-hybridized carbons (Fsp3) is 0.600. The number of hydrogen-bond acceptors (Lipinski definition) is 5. The second-order valence-electron chi connectivity index (χ2n) is 4.26. The Kier molecular flexibility index (Phi) is 3.48. The summed E-state index contributed by atoms with van der Waals surface area (Å²) in [6.45, 7) is 0. The third kappa shape index (κ3) is 3.26. The summed E-state index contributed by atoms with van der Waals surface area (Å²) in [5.74, 6) is -0.471. The first kappa shape index (κ1) is 12.5. The van der Waals surface area contributed by atoms with Crippen LogP contribution >= 0.6 is 11.3 Å². The average Bonchev–Trinajstić information content (AvgIpc) is 2.64. The predicted octanol–water partition coefficient (Wildman–Crippen LogP) is 1.21. The van der Waals surface area contributed by atoms with Crippen LogP contribution in [0.1, 0.15) is 28.3 Å². The molecule has 0 aliphatic carbocycles. The number of carboxylic acid groups (broad SMARTS) is 1. The molecule has 1 aromatic rings. The van der Waals surface area contributed by atoms with E-state index >= 15 is 0 Å². The quantitative estimate of drug-likeness (QED) is 0.896. The Labute approximate surface area is 103 Å². The van der Waals surface area contributed by atoms with Crippen LogP contribution in [0.25, 0.3) is 0 Å². The second kappa shape index (κ2) is 4.73. The Morgan fingerprint density at radius 3 is 2.94 bits per heavy atom. The summed E-state index contributed by atoms with van der Waals surface area (Å²) in [4.78, 5) is 14.6. The molecule has 1 aliphatic heterocycles. The van der Waals surface area contributed by atoms with Crippen LogP contribution in [0.5, 0.6) is 0 Å². The van der Waals surface area contributed by atoms with E-state index in [9.17, 15) is 13.2 Å². The third-order valence-electron chi connectivity index (χ3n) is 2.79. The van der Waals surface area contributed by atoms with Gasteiger partial charge in [-0.2, -0.15) is 0 Å².